The molecule has 0 spiro atoms. The minimum Gasteiger partial charge on any atom is -0.464 e. The van der Waals surface area contributed by atoms with Crippen LogP contribution in [0.1, 0.15) is 11.1 Å². The van der Waals surface area contributed by atoms with Crippen LogP contribution < -0.4 is 4.74 Å². The summed E-state index contributed by atoms with van der Waals surface area (Å²) in [6, 6.07) is 5.22. The third kappa shape index (κ3) is 2.81. The summed E-state index contributed by atoms with van der Waals surface area (Å²) < 4.78 is 32.0. The summed E-state index contributed by atoms with van der Waals surface area (Å²) in [5, 5.41) is 2.42. The second-order valence-electron chi connectivity index (χ2n) is 5.11. The van der Waals surface area contributed by atoms with Crippen molar-refractivity contribution in [3.8, 4) is 5.19 Å². The minimum atomic E-state index is -3.42. The van der Waals surface area contributed by atoms with E-state index in [0.29, 0.717) is 23.2 Å². The van der Waals surface area contributed by atoms with Crippen LogP contribution in [0.15, 0.2) is 34.7 Å². The Morgan fingerprint density at radius 1 is 1.29 bits per heavy atom. The van der Waals surface area contributed by atoms with Gasteiger partial charge in [-0.15, -0.1) is 0 Å². The first-order valence-electron chi connectivity index (χ1n) is 6.60. The van der Waals surface area contributed by atoms with Gasteiger partial charge in [0.05, 0.1) is 18.0 Å². The normalized spacial score (nSPS) is 16.7. The second-order valence-corrected chi connectivity index (χ2v) is 7.90. The molecule has 0 N–H and O–H groups in total. The third-order valence-corrected chi connectivity index (χ3v) is 6.10. The summed E-state index contributed by atoms with van der Waals surface area (Å²) >= 11 is 1.41. The fourth-order valence-electron chi connectivity index (χ4n) is 2.11. The molecule has 1 aliphatic heterocycles. The number of hydrogen-bond acceptors (Lipinski definition) is 5. The summed E-state index contributed by atoms with van der Waals surface area (Å²) in [5.74, 6) is 0. The number of aryl methyl sites for hydroxylation is 2. The molecule has 2 aromatic rings. The number of benzene rings is 1. The van der Waals surface area contributed by atoms with Gasteiger partial charge in [-0.05, 0) is 37.1 Å². The van der Waals surface area contributed by atoms with Crippen molar-refractivity contribution in [3.63, 3.8) is 0 Å². The Bertz CT molecular complexity index is 736. The molecular formula is C14H16N2O3S2. The van der Waals surface area contributed by atoms with E-state index < -0.39 is 10.0 Å². The van der Waals surface area contributed by atoms with Crippen molar-refractivity contribution < 1.29 is 13.2 Å². The zero-order chi connectivity index (χ0) is 15.0. The lowest BCUT2D eigenvalue weighted by Crippen LogP contribution is -2.55. The molecule has 7 heteroatoms. The smallest absolute Gasteiger partial charge is 0.273 e. The lowest BCUT2D eigenvalue weighted by Gasteiger charge is -2.37. The molecule has 1 saturated heterocycles. The molecule has 0 aliphatic carbocycles. The van der Waals surface area contributed by atoms with Crippen molar-refractivity contribution in [1.82, 2.24) is 9.29 Å². The van der Waals surface area contributed by atoms with Gasteiger partial charge in [-0.3, -0.25) is 0 Å². The number of thiazole rings is 1. The molecule has 1 aromatic carbocycles. The Morgan fingerprint density at radius 3 is 2.67 bits per heavy atom. The highest BCUT2D eigenvalue weighted by atomic mass is 32.2. The van der Waals surface area contributed by atoms with Gasteiger partial charge < -0.3 is 4.74 Å². The van der Waals surface area contributed by atoms with Gasteiger partial charge in [0, 0.05) is 11.6 Å². The SMILES string of the molecule is Cc1ccc(S(=O)(=O)N2CC(Oc3nccs3)C2)cc1C. The summed E-state index contributed by atoms with van der Waals surface area (Å²) in [6.07, 6.45) is 1.56. The zero-order valence-corrected chi connectivity index (χ0v) is 13.4. The van der Waals surface area contributed by atoms with Crippen molar-refractivity contribution in [2.45, 2.75) is 24.8 Å². The second kappa shape index (κ2) is 5.40. The number of hydrogen-bond donors (Lipinski definition) is 0. The van der Waals surface area contributed by atoms with Crippen molar-refractivity contribution in [1.29, 1.82) is 0 Å². The molecule has 0 unspecified atom stereocenters. The molecule has 0 saturated carbocycles. The Kier molecular flexibility index (Phi) is 3.73. The number of ether oxygens (including phenoxy) is 1. The van der Waals surface area contributed by atoms with E-state index in [9.17, 15) is 8.42 Å². The van der Waals surface area contributed by atoms with Gasteiger partial charge in [-0.25, -0.2) is 13.4 Å². The van der Waals surface area contributed by atoms with Crippen LogP contribution in [0.2, 0.25) is 0 Å². The lowest BCUT2D eigenvalue weighted by atomic mass is 10.1. The minimum absolute atomic E-state index is 0.113. The first-order valence-corrected chi connectivity index (χ1v) is 8.92. The van der Waals surface area contributed by atoms with E-state index in [0.717, 1.165) is 11.1 Å². The molecule has 0 atom stereocenters. The van der Waals surface area contributed by atoms with Crippen LogP contribution in [0.3, 0.4) is 0 Å². The van der Waals surface area contributed by atoms with E-state index in [1.54, 1.807) is 18.3 Å². The van der Waals surface area contributed by atoms with Gasteiger partial charge in [-0.2, -0.15) is 4.31 Å². The van der Waals surface area contributed by atoms with Gasteiger partial charge in [0.15, 0.2) is 0 Å². The number of nitrogens with zero attached hydrogens (tertiary/aromatic N) is 2. The van der Waals surface area contributed by atoms with E-state index in [2.05, 4.69) is 4.98 Å². The highest BCUT2D eigenvalue weighted by Gasteiger charge is 2.38. The van der Waals surface area contributed by atoms with Crippen LogP contribution in [-0.4, -0.2) is 36.9 Å². The molecule has 1 aliphatic rings. The van der Waals surface area contributed by atoms with Gasteiger partial charge >= 0.3 is 0 Å². The van der Waals surface area contributed by atoms with Gasteiger partial charge in [-0.1, -0.05) is 17.4 Å². The maximum atomic E-state index is 12.5. The number of aromatic nitrogens is 1. The average Bonchev–Trinajstić information content (AvgIpc) is 2.89. The van der Waals surface area contributed by atoms with Crippen LogP contribution in [0.5, 0.6) is 5.19 Å². The first-order chi connectivity index (χ1) is 9.96. The molecular weight excluding hydrogens is 308 g/mol. The van der Waals surface area contributed by atoms with E-state index >= 15 is 0 Å². The maximum Gasteiger partial charge on any atom is 0.273 e. The standard InChI is InChI=1S/C14H16N2O3S2/c1-10-3-4-13(7-11(10)2)21(17,18)16-8-12(9-16)19-14-15-5-6-20-14/h3-7,12H,8-9H2,1-2H3. The predicted molar refractivity (Wildman–Crippen MR) is 81.2 cm³/mol. The first kappa shape index (κ1) is 14.5. The number of sulfonamides is 1. The molecule has 3 rings (SSSR count). The Balaban J connectivity index is 1.68. The zero-order valence-electron chi connectivity index (χ0n) is 11.8. The van der Waals surface area contributed by atoms with Crippen LogP contribution in [0.4, 0.5) is 0 Å². The molecule has 5 nitrogen and oxygen atoms in total. The van der Waals surface area contributed by atoms with Crippen LogP contribution in [0.25, 0.3) is 0 Å². The topological polar surface area (TPSA) is 59.5 Å². The highest BCUT2D eigenvalue weighted by Crippen LogP contribution is 2.26. The van der Waals surface area contributed by atoms with Crippen molar-refractivity contribution in [3.05, 3.63) is 40.9 Å². The van der Waals surface area contributed by atoms with Crippen LogP contribution >= 0.6 is 11.3 Å². The van der Waals surface area contributed by atoms with Crippen LogP contribution in [-0.2, 0) is 10.0 Å². The lowest BCUT2D eigenvalue weighted by molar-refractivity contribution is 0.0759. The molecule has 1 fully saturated rings. The van der Waals surface area contributed by atoms with E-state index in [1.165, 1.54) is 15.6 Å². The Labute approximate surface area is 128 Å². The molecule has 0 bridgehead atoms. The highest BCUT2D eigenvalue weighted by molar-refractivity contribution is 7.89. The number of rotatable bonds is 4. The maximum absolute atomic E-state index is 12.5. The van der Waals surface area contributed by atoms with Crippen LogP contribution in [0, 0.1) is 13.8 Å². The molecule has 0 radical (unpaired) electrons. The Hall–Kier alpha value is -1.44. The average molecular weight is 324 g/mol. The van der Waals surface area contributed by atoms with Gasteiger partial charge in [0.2, 0.25) is 10.0 Å². The molecule has 1 aromatic heterocycles. The van der Waals surface area contributed by atoms with Crippen molar-refractivity contribution in [2.75, 3.05) is 13.1 Å². The fraction of sp³-hybridized carbons (Fsp3) is 0.357. The molecule has 0 amide bonds. The third-order valence-electron chi connectivity index (χ3n) is 3.61. The van der Waals surface area contributed by atoms with E-state index in [4.69, 9.17) is 4.74 Å². The molecule has 112 valence electrons. The van der Waals surface area contributed by atoms with Gasteiger partial charge in [0.25, 0.3) is 5.19 Å². The van der Waals surface area contributed by atoms with Crippen molar-refractivity contribution >= 4 is 21.4 Å². The summed E-state index contributed by atoms with van der Waals surface area (Å²) in [4.78, 5) is 4.38. The largest absolute Gasteiger partial charge is 0.464 e. The monoisotopic (exact) mass is 324 g/mol. The quantitative estimate of drug-likeness (QED) is 0.865. The predicted octanol–water partition coefficient (Wildman–Crippen LogP) is 2.21. The summed E-state index contributed by atoms with van der Waals surface area (Å²) in [5.41, 5.74) is 2.06. The summed E-state index contributed by atoms with van der Waals surface area (Å²) in [6.45, 7) is 4.62. The van der Waals surface area contributed by atoms with E-state index in [-0.39, 0.29) is 6.10 Å². The fourth-order valence-corrected chi connectivity index (χ4v) is 4.25. The molecule has 21 heavy (non-hydrogen) atoms. The van der Waals surface area contributed by atoms with Gasteiger partial charge in [0.1, 0.15) is 6.10 Å². The molecule has 2 heterocycles. The van der Waals surface area contributed by atoms with E-state index in [1.807, 2.05) is 25.3 Å². The Morgan fingerprint density at radius 2 is 2.05 bits per heavy atom. The summed E-state index contributed by atoms with van der Waals surface area (Å²) in [7, 11) is -3.42. The van der Waals surface area contributed by atoms with Crippen molar-refractivity contribution in [2.24, 2.45) is 0 Å².